The third kappa shape index (κ3) is 4.36. The van der Waals surface area contributed by atoms with E-state index >= 15 is 0 Å². The second-order valence-corrected chi connectivity index (χ2v) is 8.98. The number of ether oxygens (including phenoxy) is 1. The average molecular weight is 457 g/mol. The number of carbonyl (C=O) groups is 3. The van der Waals surface area contributed by atoms with Crippen LogP contribution in [-0.2, 0) is 22.6 Å². The van der Waals surface area contributed by atoms with E-state index in [9.17, 15) is 18.8 Å². The summed E-state index contributed by atoms with van der Waals surface area (Å²) >= 11 is 0. The number of aromatic nitrogens is 2. The largest absolute Gasteiger partial charge is 0.464 e. The van der Waals surface area contributed by atoms with E-state index in [1.807, 2.05) is 0 Å². The van der Waals surface area contributed by atoms with Crippen LogP contribution in [0.2, 0.25) is 0 Å². The standard InChI is InChI=1S/C24H29FN4O4/c1-24(23(32)27-17-10-5-3-4-6-11-17)14-28-15-26-19(22(31)33-2)20(28)21(30)29(24)13-16-9-7-8-12-18(16)25/h7-9,12,15,17H,3-6,10-11,13-14H2,1-2H3,(H,27,32)/t24-/m0/s1. The summed E-state index contributed by atoms with van der Waals surface area (Å²) in [4.78, 5) is 44.9. The van der Waals surface area contributed by atoms with Gasteiger partial charge in [0.15, 0.2) is 5.69 Å². The maximum Gasteiger partial charge on any atom is 0.359 e. The van der Waals surface area contributed by atoms with Gasteiger partial charge in [0.2, 0.25) is 5.91 Å². The van der Waals surface area contributed by atoms with Crippen LogP contribution < -0.4 is 5.32 Å². The van der Waals surface area contributed by atoms with Crippen LogP contribution in [0.1, 0.15) is 72.0 Å². The number of hydrogen-bond acceptors (Lipinski definition) is 5. The quantitative estimate of drug-likeness (QED) is 0.551. The molecule has 0 saturated heterocycles. The predicted molar refractivity (Wildman–Crippen MR) is 118 cm³/mol. The second-order valence-electron chi connectivity index (χ2n) is 8.98. The molecule has 2 aromatic rings. The van der Waals surface area contributed by atoms with Crippen molar-refractivity contribution < 1.29 is 23.5 Å². The highest BCUT2D eigenvalue weighted by Crippen LogP contribution is 2.32. The molecule has 1 aliphatic carbocycles. The fourth-order valence-corrected chi connectivity index (χ4v) is 4.74. The molecule has 0 radical (unpaired) electrons. The summed E-state index contributed by atoms with van der Waals surface area (Å²) < 4.78 is 20.8. The average Bonchev–Trinajstić information content (AvgIpc) is 3.05. The van der Waals surface area contributed by atoms with Gasteiger partial charge in [-0.15, -0.1) is 0 Å². The third-order valence-corrected chi connectivity index (χ3v) is 6.70. The second kappa shape index (κ2) is 9.33. The third-order valence-electron chi connectivity index (χ3n) is 6.70. The lowest BCUT2D eigenvalue weighted by molar-refractivity contribution is -0.134. The van der Waals surface area contributed by atoms with E-state index in [1.165, 1.54) is 29.0 Å². The van der Waals surface area contributed by atoms with Crippen molar-refractivity contribution in [1.82, 2.24) is 19.8 Å². The van der Waals surface area contributed by atoms with Crippen LogP contribution in [0.15, 0.2) is 30.6 Å². The fraction of sp³-hybridized carbons (Fsp3) is 0.500. The smallest absolute Gasteiger partial charge is 0.359 e. The molecule has 1 aromatic carbocycles. The van der Waals surface area contributed by atoms with Crippen molar-refractivity contribution in [2.24, 2.45) is 0 Å². The highest BCUT2D eigenvalue weighted by Gasteiger charge is 2.49. The Morgan fingerprint density at radius 3 is 2.58 bits per heavy atom. The first-order valence-electron chi connectivity index (χ1n) is 11.3. The molecule has 176 valence electrons. The molecule has 1 atom stereocenters. The summed E-state index contributed by atoms with van der Waals surface area (Å²) in [6, 6.07) is 6.19. The Labute approximate surface area is 192 Å². The first kappa shape index (κ1) is 22.9. The van der Waals surface area contributed by atoms with Crippen molar-refractivity contribution in [2.75, 3.05) is 7.11 Å². The number of nitrogens with one attached hydrogen (secondary N) is 1. The Morgan fingerprint density at radius 2 is 1.91 bits per heavy atom. The van der Waals surface area contributed by atoms with E-state index in [1.54, 1.807) is 25.1 Å². The zero-order chi connectivity index (χ0) is 23.6. The lowest BCUT2D eigenvalue weighted by atomic mass is 9.92. The molecular formula is C24H29FN4O4. The molecular weight excluding hydrogens is 427 g/mol. The number of benzene rings is 1. The van der Waals surface area contributed by atoms with E-state index in [2.05, 4.69) is 10.3 Å². The minimum atomic E-state index is -1.30. The molecule has 2 aliphatic rings. The fourth-order valence-electron chi connectivity index (χ4n) is 4.74. The highest BCUT2D eigenvalue weighted by atomic mass is 19.1. The van der Waals surface area contributed by atoms with Crippen LogP contribution in [0, 0.1) is 5.82 Å². The summed E-state index contributed by atoms with van der Waals surface area (Å²) in [6.07, 6.45) is 7.56. The van der Waals surface area contributed by atoms with Crippen LogP contribution in [0.3, 0.4) is 0 Å². The normalized spacial score (nSPS) is 21.3. The lowest BCUT2D eigenvalue weighted by Gasteiger charge is -2.44. The van der Waals surface area contributed by atoms with Crippen molar-refractivity contribution in [1.29, 1.82) is 0 Å². The van der Waals surface area contributed by atoms with Crippen LogP contribution in [-0.4, -0.2) is 50.9 Å². The molecule has 4 rings (SSSR count). The zero-order valence-corrected chi connectivity index (χ0v) is 19.0. The van der Waals surface area contributed by atoms with Gasteiger partial charge in [-0.25, -0.2) is 14.2 Å². The number of amides is 2. The zero-order valence-electron chi connectivity index (χ0n) is 19.0. The Morgan fingerprint density at radius 1 is 1.21 bits per heavy atom. The van der Waals surface area contributed by atoms with Crippen molar-refractivity contribution in [3.05, 3.63) is 53.4 Å². The summed E-state index contributed by atoms with van der Waals surface area (Å²) in [5.41, 5.74) is -1.09. The molecule has 0 bridgehead atoms. The number of imidazole rings is 1. The molecule has 1 fully saturated rings. The van der Waals surface area contributed by atoms with Crippen molar-refractivity contribution in [2.45, 2.75) is 70.1 Å². The number of fused-ring (bicyclic) bond motifs is 1. The molecule has 2 heterocycles. The van der Waals surface area contributed by atoms with Gasteiger partial charge in [0.1, 0.15) is 17.1 Å². The van der Waals surface area contributed by atoms with Crippen LogP contribution in [0.5, 0.6) is 0 Å². The minimum absolute atomic E-state index is 0.0389. The summed E-state index contributed by atoms with van der Waals surface area (Å²) in [5, 5.41) is 3.14. The molecule has 33 heavy (non-hydrogen) atoms. The van der Waals surface area contributed by atoms with Crippen LogP contribution >= 0.6 is 0 Å². The van der Waals surface area contributed by atoms with Gasteiger partial charge in [0, 0.05) is 11.6 Å². The number of halogens is 1. The molecule has 9 heteroatoms. The first-order chi connectivity index (χ1) is 15.8. The van der Waals surface area contributed by atoms with Crippen molar-refractivity contribution in [3.63, 3.8) is 0 Å². The van der Waals surface area contributed by atoms with Gasteiger partial charge < -0.3 is 19.5 Å². The SMILES string of the molecule is COC(=O)c1ncn2c1C(=O)N(Cc1ccccc1F)[C@](C)(C(=O)NC1CCCCCC1)C2. The van der Waals surface area contributed by atoms with Gasteiger partial charge in [-0.05, 0) is 25.8 Å². The number of rotatable bonds is 5. The van der Waals surface area contributed by atoms with E-state index in [-0.39, 0.29) is 42.0 Å². The summed E-state index contributed by atoms with van der Waals surface area (Å²) in [5.74, 6) is -2.07. The molecule has 1 N–H and O–H groups in total. The van der Waals surface area contributed by atoms with Gasteiger partial charge in [-0.2, -0.15) is 0 Å². The number of hydrogen-bond donors (Lipinski definition) is 1. The van der Waals surface area contributed by atoms with Gasteiger partial charge >= 0.3 is 5.97 Å². The van der Waals surface area contributed by atoms with E-state index < -0.39 is 23.2 Å². The molecule has 1 saturated carbocycles. The number of methoxy groups -OCH3 is 1. The molecule has 8 nitrogen and oxygen atoms in total. The highest BCUT2D eigenvalue weighted by molar-refractivity contribution is 6.06. The minimum Gasteiger partial charge on any atom is -0.464 e. The molecule has 0 unspecified atom stereocenters. The number of esters is 1. The van der Waals surface area contributed by atoms with Crippen molar-refractivity contribution >= 4 is 17.8 Å². The Bertz CT molecular complexity index is 1060. The Hall–Kier alpha value is -3.23. The lowest BCUT2D eigenvalue weighted by Crippen LogP contribution is -2.64. The van der Waals surface area contributed by atoms with E-state index in [4.69, 9.17) is 4.74 Å². The Balaban J connectivity index is 1.71. The van der Waals surface area contributed by atoms with E-state index in [0.717, 1.165) is 38.5 Å². The van der Waals surface area contributed by atoms with E-state index in [0.29, 0.717) is 0 Å². The summed E-state index contributed by atoms with van der Waals surface area (Å²) in [6.45, 7) is 1.65. The van der Waals surface area contributed by atoms with Crippen molar-refractivity contribution in [3.8, 4) is 0 Å². The monoisotopic (exact) mass is 456 g/mol. The Kier molecular flexibility index (Phi) is 6.49. The summed E-state index contributed by atoms with van der Waals surface area (Å²) in [7, 11) is 1.21. The maximum absolute atomic E-state index is 14.5. The molecule has 1 aliphatic heterocycles. The van der Waals surface area contributed by atoms with Crippen LogP contribution in [0.25, 0.3) is 0 Å². The molecule has 0 spiro atoms. The maximum atomic E-state index is 14.5. The molecule has 1 aromatic heterocycles. The predicted octanol–water partition coefficient (Wildman–Crippen LogP) is 3.06. The first-order valence-corrected chi connectivity index (χ1v) is 11.3. The number of carbonyl (C=O) groups excluding carboxylic acids is 3. The van der Waals surface area contributed by atoms with Gasteiger partial charge in [0.05, 0.1) is 26.5 Å². The van der Waals surface area contributed by atoms with Gasteiger partial charge in [-0.3, -0.25) is 9.59 Å². The molecule has 2 amide bonds. The van der Waals surface area contributed by atoms with Gasteiger partial charge in [0.25, 0.3) is 5.91 Å². The van der Waals surface area contributed by atoms with Crippen LogP contribution in [0.4, 0.5) is 4.39 Å². The topological polar surface area (TPSA) is 93.5 Å². The number of nitrogens with zero attached hydrogens (tertiary/aromatic N) is 3. The van der Waals surface area contributed by atoms with Gasteiger partial charge in [-0.1, -0.05) is 43.9 Å².